The highest BCUT2D eigenvalue weighted by Gasteiger charge is 2.24. The zero-order valence-corrected chi connectivity index (χ0v) is 13.5. The van der Waals surface area contributed by atoms with Gasteiger partial charge in [-0.05, 0) is 49.6 Å². The maximum Gasteiger partial charge on any atom is 0.0705 e. The average molecular weight is 306 g/mol. The first-order valence-electron chi connectivity index (χ1n) is 8.36. The van der Waals surface area contributed by atoms with Gasteiger partial charge in [0.25, 0.3) is 0 Å². The fourth-order valence-corrected chi connectivity index (χ4v) is 3.74. The van der Waals surface area contributed by atoms with Gasteiger partial charge in [-0.1, -0.05) is 18.2 Å². The van der Waals surface area contributed by atoms with Gasteiger partial charge < -0.3 is 0 Å². The Kier molecular flexibility index (Phi) is 3.83. The molecule has 1 N–H and O–H groups in total. The van der Waals surface area contributed by atoms with Crippen molar-refractivity contribution in [3.63, 3.8) is 0 Å². The molecular weight excluding hydrogens is 284 g/mol. The first-order valence-corrected chi connectivity index (χ1v) is 8.36. The summed E-state index contributed by atoms with van der Waals surface area (Å²) in [5, 5.41) is 8.67. The Morgan fingerprint density at radius 2 is 2.17 bits per heavy atom. The fourth-order valence-electron chi connectivity index (χ4n) is 3.74. The zero-order valence-electron chi connectivity index (χ0n) is 13.5. The van der Waals surface area contributed by atoms with Crippen LogP contribution >= 0.6 is 0 Å². The molecule has 23 heavy (non-hydrogen) atoms. The lowest BCUT2D eigenvalue weighted by atomic mass is 9.92. The lowest BCUT2D eigenvalue weighted by Crippen LogP contribution is -2.34. The van der Waals surface area contributed by atoms with E-state index < -0.39 is 0 Å². The van der Waals surface area contributed by atoms with Crippen molar-refractivity contribution in [2.24, 2.45) is 0 Å². The van der Waals surface area contributed by atoms with Crippen molar-refractivity contribution in [3.05, 3.63) is 59.5 Å². The number of nitrogens with zero attached hydrogens (tertiary/aromatic N) is 3. The summed E-state index contributed by atoms with van der Waals surface area (Å²) in [6.45, 7) is 5.40. The Hall–Kier alpha value is -2.20. The van der Waals surface area contributed by atoms with Gasteiger partial charge in [-0.3, -0.25) is 15.0 Å². The Morgan fingerprint density at radius 1 is 1.26 bits per heavy atom. The van der Waals surface area contributed by atoms with E-state index in [1.165, 1.54) is 41.6 Å². The number of likely N-dealkylation sites (tertiary alicyclic amines) is 1. The molecule has 1 saturated heterocycles. The molecule has 118 valence electrons. The summed E-state index contributed by atoms with van der Waals surface area (Å²) in [5.41, 5.74) is 5.06. The van der Waals surface area contributed by atoms with Crippen LogP contribution in [0.25, 0.3) is 10.9 Å². The fraction of sp³-hybridized carbons (Fsp3) is 0.368. The Balaban J connectivity index is 1.55. The number of aromatic amines is 1. The van der Waals surface area contributed by atoms with E-state index in [9.17, 15) is 0 Å². The molecule has 0 unspecified atom stereocenters. The van der Waals surface area contributed by atoms with E-state index in [-0.39, 0.29) is 0 Å². The molecule has 4 rings (SSSR count). The molecule has 0 spiro atoms. The standard InChI is InChI=1S/C19H22N4/c1-14-11-21-22-19(14)16-5-4-10-23(13-16)12-15-8-9-20-18-7-3-2-6-17(15)18/h2-3,6-9,11,16H,4-5,10,12-13H2,1H3,(H,21,22)/t16-/m1/s1. The second-order valence-corrected chi connectivity index (χ2v) is 6.53. The van der Waals surface area contributed by atoms with Crippen molar-refractivity contribution in [2.75, 3.05) is 13.1 Å². The summed E-state index contributed by atoms with van der Waals surface area (Å²) in [5.74, 6) is 0.569. The number of hydrogen-bond donors (Lipinski definition) is 1. The van der Waals surface area contributed by atoms with Gasteiger partial charge in [0.15, 0.2) is 0 Å². The molecule has 0 amide bonds. The maximum atomic E-state index is 4.47. The lowest BCUT2D eigenvalue weighted by Gasteiger charge is -2.32. The molecular formula is C19H22N4. The number of nitrogens with one attached hydrogen (secondary N) is 1. The van der Waals surface area contributed by atoms with Crippen molar-refractivity contribution in [2.45, 2.75) is 32.2 Å². The number of H-pyrrole nitrogens is 1. The van der Waals surface area contributed by atoms with Gasteiger partial charge in [0.2, 0.25) is 0 Å². The van der Waals surface area contributed by atoms with Crippen LogP contribution in [0, 0.1) is 6.92 Å². The summed E-state index contributed by atoms with van der Waals surface area (Å²) < 4.78 is 0. The molecule has 0 radical (unpaired) electrons. The van der Waals surface area contributed by atoms with Crippen molar-refractivity contribution in [3.8, 4) is 0 Å². The molecule has 1 aromatic carbocycles. The molecule has 1 aliphatic heterocycles. The molecule has 3 heterocycles. The Bertz CT molecular complexity index is 802. The summed E-state index contributed by atoms with van der Waals surface area (Å²) in [7, 11) is 0. The molecule has 2 aromatic heterocycles. The average Bonchev–Trinajstić information content (AvgIpc) is 3.02. The van der Waals surface area contributed by atoms with Crippen molar-refractivity contribution in [1.29, 1.82) is 0 Å². The zero-order chi connectivity index (χ0) is 15.6. The molecule has 1 fully saturated rings. The van der Waals surface area contributed by atoms with Crippen LogP contribution in [0.5, 0.6) is 0 Å². The monoisotopic (exact) mass is 306 g/mol. The van der Waals surface area contributed by atoms with Crippen LogP contribution < -0.4 is 0 Å². The van der Waals surface area contributed by atoms with Crippen molar-refractivity contribution >= 4 is 10.9 Å². The minimum Gasteiger partial charge on any atom is -0.298 e. The first-order chi connectivity index (χ1) is 11.3. The molecule has 4 nitrogen and oxygen atoms in total. The van der Waals surface area contributed by atoms with E-state index in [4.69, 9.17) is 0 Å². The van der Waals surface area contributed by atoms with Crippen LogP contribution in [-0.2, 0) is 6.54 Å². The topological polar surface area (TPSA) is 44.8 Å². The van der Waals surface area contributed by atoms with Crippen molar-refractivity contribution < 1.29 is 0 Å². The first kappa shape index (κ1) is 14.4. The van der Waals surface area contributed by atoms with Gasteiger partial charge in [-0.2, -0.15) is 5.10 Å². The third-order valence-electron chi connectivity index (χ3n) is 4.92. The predicted molar refractivity (Wildman–Crippen MR) is 92.3 cm³/mol. The van der Waals surface area contributed by atoms with Crippen LogP contribution in [0.3, 0.4) is 0 Å². The Morgan fingerprint density at radius 3 is 3.04 bits per heavy atom. The van der Waals surface area contributed by atoms with Crippen LogP contribution in [-0.4, -0.2) is 33.2 Å². The van der Waals surface area contributed by atoms with Crippen LogP contribution in [0.15, 0.2) is 42.7 Å². The highest BCUT2D eigenvalue weighted by Crippen LogP contribution is 2.29. The molecule has 0 bridgehead atoms. The van der Waals surface area contributed by atoms with Crippen molar-refractivity contribution in [1.82, 2.24) is 20.1 Å². The molecule has 1 atom stereocenters. The van der Waals surface area contributed by atoms with E-state index in [0.717, 1.165) is 18.6 Å². The Labute approximate surface area is 136 Å². The number of pyridine rings is 1. The van der Waals surface area contributed by atoms with E-state index >= 15 is 0 Å². The normalized spacial score (nSPS) is 19.3. The second-order valence-electron chi connectivity index (χ2n) is 6.53. The smallest absolute Gasteiger partial charge is 0.0705 e. The molecule has 0 saturated carbocycles. The summed E-state index contributed by atoms with van der Waals surface area (Å²) >= 11 is 0. The summed E-state index contributed by atoms with van der Waals surface area (Å²) in [4.78, 5) is 7.04. The molecule has 1 aliphatic rings. The number of aromatic nitrogens is 3. The van der Waals surface area contributed by atoms with Gasteiger partial charge in [-0.15, -0.1) is 0 Å². The van der Waals surface area contributed by atoms with E-state index in [0.29, 0.717) is 5.92 Å². The summed E-state index contributed by atoms with van der Waals surface area (Å²) in [6, 6.07) is 10.6. The number of rotatable bonds is 3. The number of benzene rings is 1. The number of para-hydroxylation sites is 1. The summed E-state index contributed by atoms with van der Waals surface area (Å²) in [6.07, 6.45) is 6.35. The quantitative estimate of drug-likeness (QED) is 0.803. The minimum atomic E-state index is 0.569. The van der Waals surface area contributed by atoms with Gasteiger partial charge in [0, 0.05) is 36.3 Å². The number of fused-ring (bicyclic) bond motifs is 1. The van der Waals surface area contributed by atoms with Crippen LogP contribution in [0.4, 0.5) is 0 Å². The third-order valence-corrected chi connectivity index (χ3v) is 4.92. The van der Waals surface area contributed by atoms with Gasteiger partial charge in [-0.25, -0.2) is 0 Å². The minimum absolute atomic E-state index is 0.569. The van der Waals surface area contributed by atoms with E-state index in [1.54, 1.807) is 0 Å². The van der Waals surface area contributed by atoms with Crippen LogP contribution in [0.2, 0.25) is 0 Å². The van der Waals surface area contributed by atoms with Gasteiger partial charge in [0.1, 0.15) is 0 Å². The number of aryl methyl sites for hydroxylation is 1. The second kappa shape index (κ2) is 6.13. The van der Waals surface area contributed by atoms with E-state index in [2.05, 4.69) is 57.3 Å². The third kappa shape index (κ3) is 2.86. The SMILES string of the molecule is Cc1cn[nH]c1[C@@H]1CCCN(Cc2ccnc3ccccc23)C1. The maximum absolute atomic E-state index is 4.47. The number of piperidine rings is 1. The highest BCUT2D eigenvalue weighted by molar-refractivity contribution is 5.81. The van der Waals surface area contributed by atoms with Gasteiger partial charge in [0.05, 0.1) is 11.7 Å². The van der Waals surface area contributed by atoms with E-state index in [1.807, 2.05) is 12.4 Å². The molecule has 3 aromatic rings. The highest BCUT2D eigenvalue weighted by atomic mass is 15.1. The lowest BCUT2D eigenvalue weighted by molar-refractivity contribution is 0.199. The predicted octanol–water partition coefficient (Wildman–Crippen LogP) is 3.65. The number of hydrogen-bond acceptors (Lipinski definition) is 3. The molecule has 4 heteroatoms. The largest absolute Gasteiger partial charge is 0.298 e. The molecule has 0 aliphatic carbocycles. The van der Waals surface area contributed by atoms with Crippen LogP contribution in [0.1, 0.15) is 35.6 Å². The van der Waals surface area contributed by atoms with Gasteiger partial charge >= 0.3 is 0 Å².